The van der Waals surface area contributed by atoms with E-state index in [1.54, 1.807) is 19.1 Å². The van der Waals surface area contributed by atoms with Crippen LogP contribution in [0, 0.1) is 6.92 Å². The number of amidine groups is 1. The number of nitrogens with zero attached hydrogens (tertiary/aromatic N) is 5. The topological polar surface area (TPSA) is 138 Å². The normalized spacial score (nSPS) is 14.9. The van der Waals surface area contributed by atoms with E-state index in [-0.39, 0.29) is 28.6 Å². The number of nitrogens with two attached hydrogens (primary N) is 2. The third-order valence-corrected chi connectivity index (χ3v) is 6.60. The highest BCUT2D eigenvalue weighted by Gasteiger charge is 2.30. The Bertz CT molecular complexity index is 1460. The number of hydrogen-bond donors (Lipinski definition) is 4. The number of aliphatic imine (C=N–C) groups is 1. The molecular formula is C28H32F3N9O. The first-order valence-electron chi connectivity index (χ1n) is 12.9. The van der Waals surface area contributed by atoms with Gasteiger partial charge in [0.15, 0.2) is 11.7 Å². The summed E-state index contributed by atoms with van der Waals surface area (Å²) in [4.78, 5) is 30.9. The van der Waals surface area contributed by atoms with Crippen molar-refractivity contribution >= 4 is 40.6 Å². The maximum atomic E-state index is 12.9. The summed E-state index contributed by atoms with van der Waals surface area (Å²) in [5.41, 5.74) is 14.2. The number of carbonyl (C=O) groups excluding carboxylic acids is 1. The number of anilines is 4. The average Bonchev–Trinajstić information content (AvgIpc) is 3.15. The first kappa shape index (κ1) is 29.3. The molecule has 2 heterocycles. The van der Waals surface area contributed by atoms with Crippen LogP contribution in [-0.4, -0.2) is 59.8 Å². The molecule has 0 bridgehead atoms. The van der Waals surface area contributed by atoms with Crippen LogP contribution in [-0.2, 0) is 6.18 Å². The van der Waals surface area contributed by atoms with Crippen LogP contribution in [0.4, 0.5) is 42.0 Å². The van der Waals surface area contributed by atoms with Crippen LogP contribution in [0.3, 0.4) is 0 Å². The van der Waals surface area contributed by atoms with Crippen molar-refractivity contribution in [3.63, 3.8) is 0 Å². The van der Waals surface area contributed by atoms with Gasteiger partial charge in [0.2, 0.25) is 5.95 Å². The lowest BCUT2D eigenvalue weighted by Gasteiger charge is -2.22. The number of aromatic nitrogens is 2. The molecule has 216 valence electrons. The van der Waals surface area contributed by atoms with Crippen molar-refractivity contribution in [3.05, 3.63) is 77.6 Å². The van der Waals surface area contributed by atoms with Crippen molar-refractivity contribution in [2.24, 2.45) is 10.7 Å². The van der Waals surface area contributed by atoms with Crippen LogP contribution in [0.15, 0.2) is 60.2 Å². The summed E-state index contributed by atoms with van der Waals surface area (Å²) in [6, 6.07) is 9.02. The van der Waals surface area contributed by atoms with Crippen molar-refractivity contribution < 1.29 is 18.0 Å². The van der Waals surface area contributed by atoms with Gasteiger partial charge in [0.1, 0.15) is 11.4 Å². The lowest BCUT2D eigenvalue weighted by atomic mass is 10.1. The third-order valence-electron chi connectivity index (χ3n) is 6.60. The van der Waals surface area contributed by atoms with Gasteiger partial charge < -0.3 is 31.9 Å². The molecule has 13 heteroatoms. The minimum atomic E-state index is -4.47. The van der Waals surface area contributed by atoms with E-state index in [9.17, 15) is 18.0 Å². The Morgan fingerprint density at radius 1 is 1.10 bits per heavy atom. The second-order valence-corrected chi connectivity index (χ2v) is 9.65. The van der Waals surface area contributed by atoms with E-state index in [0.29, 0.717) is 17.3 Å². The van der Waals surface area contributed by atoms with Crippen LogP contribution in [0.25, 0.3) is 0 Å². The number of rotatable bonds is 7. The zero-order valence-corrected chi connectivity index (χ0v) is 22.8. The molecular weight excluding hydrogens is 535 g/mol. The molecule has 1 amide bonds. The van der Waals surface area contributed by atoms with Gasteiger partial charge in [0.25, 0.3) is 5.91 Å². The molecule has 3 aromatic rings. The number of benzene rings is 2. The van der Waals surface area contributed by atoms with Crippen LogP contribution in [0.1, 0.15) is 33.6 Å². The van der Waals surface area contributed by atoms with Crippen molar-refractivity contribution in [1.29, 1.82) is 0 Å². The summed E-state index contributed by atoms with van der Waals surface area (Å²) in [5, 5.41) is 5.54. The van der Waals surface area contributed by atoms with Gasteiger partial charge in [-0.05, 0) is 75.1 Å². The fraction of sp³-hybridized carbons (Fsp3) is 0.286. The summed E-state index contributed by atoms with van der Waals surface area (Å²) in [5.74, 6) is 0.137. The van der Waals surface area contributed by atoms with Crippen molar-refractivity contribution in [1.82, 2.24) is 14.9 Å². The molecule has 2 aromatic carbocycles. The Kier molecular flexibility index (Phi) is 8.77. The molecule has 0 unspecified atom stereocenters. The monoisotopic (exact) mass is 567 g/mol. The molecule has 4 rings (SSSR count). The van der Waals surface area contributed by atoms with E-state index in [1.807, 2.05) is 4.90 Å². The summed E-state index contributed by atoms with van der Waals surface area (Å²) in [7, 11) is 2.06. The van der Waals surface area contributed by atoms with Gasteiger partial charge in [-0.1, -0.05) is 12.6 Å². The standard InChI is InChI=1S/C28H32F3N9O/c1-4-34-22-23(37-27(38-24(22)32)40-13-5-12-39(3)14-15-40)25(33)36-21-16-18(7-6-17(21)2)26(41)35-20-10-8-19(9-11-20)28(29,30)31/h4,6-11,16,34H,1,5,12-15H2,2-3H3,(H2,33,36)(H,35,41)(H2,32,37,38). The highest BCUT2D eigenvalue weighted by molar-refractivity contribution is 6.06. The molecule has 1 aliphatic rings. The molecule has 1 aliphatic heterocycles. The number of halogens is 3. The second-order valence-electron chi connectivity index (χ2n) is 9.65. The molecule has 6 N–H and O–H groups in total. The minimum absolute atomic E-state index is 0.0417. The Balaban J connectivity index is 1.63. The number of aryl methyl sites for hydroxylation is 1. The minimum Gasteiger partial charge on any atom is -0.382 e. The van der Waals surface area contributed by atoms with Gasteiger partial charge in [0.05, 0.1) is 11.3 Å². The number of nitrogen functional groups attached to an aromatic ring is 1. The van der Waals surface area contributed by atoms with Gasteiger partial charge in [-0.25, -0.2) is 9.98 Å². The Labute approximate surface area is 236 Å². The third kappa shape index (κ3) is 7.11. The molecule has 0 spiro atoms. The summed E-state index contributed by atoms with van der Waals surface area (Å²) in [6.07, 6.45) is -2.10. The van der Waals surface area contributed by atoms with Gasteiger partial charge in [-0.3, -0.25) is 4.79 Å². The quantitative estimate of drug-likeness (QED) is 0.244. The number of alkyl halides is 3. The number of carbonyl (C=O) groups is 1. The Hall–Kier alpha value is -4.65. The van der Waals surface area contributed by atoms with Crippen LogP contribution in [0.5, 0.6) is 0 Å². The molecule has 41 heavy (non-hydrogen) atoms. The molecule has 0 aliphatic carbocycles. The maximum absolute atomic E-state index is 12.9. The maximum Gasteiger partial charge on any atom is 0.416 e. The first-order valence-corrected chi connectivity index (χ1v) is 12.9. The summed E-state index contributed by atoms with van der Waals surface area (Å²) < 4.78 is 38.6. The number of amides is 1. The second kappa shape index (κ2) is 12.3. The smallest absolute Gasteiger partial charge is 0.382 e. The van der Waals surface area contributed by atoms with Crippen molar-refractivity contribution in [2.45, 2.75) is 19.5 Å². The predicted molar refractivity (Wildman–Crippen MR) is 156 cm³/mol. The van der Waals surface area contributed by atoms with Gasteiger partial charge >= 0.3 is 6.18 Å². The highest BCUT2D eigenvalue weighted by Crippen LogP contribution is 2.30. The summed E-state index contributed by atoms with van der Waals surface area (Å²) in [6.45, 7) is 8.77. The van der Waals surface area contributed by atoms with Gasteiger partial charge in [0, 0.05) is 30.9 Å². The molecule has 10 nitrogen and oxygen atoms in total. The van der Waals surface area contributed by atoms with Gasteiger partial charge in [-0.15, -0.1) is 0 Å². The van der Waals surface area contributed by atoms with Crippen LogP contribution >= 0.6 is 0 Å². The van der Waals surface area contributed by atoms with E-state index in [2.05, 4.69) is 39.1 Å². The number of likely N-dealkylation sites (N-methyl/N-ethyl adjacent to an activating group) is 1. The first-order chi connectivity index (χ1) is 19.5. The molecule has 0 saturated carbocycles. The van der Waals surface area contributed by atoms with Crippen LogP contribution in [0.2, 0.25) is 0 Å². The lowest BCUT2D eigenvalue weighted by Crippen LogP contribution is -2.31. The fourth-order valence-electron chi connectivity index (χ4n) is 4.28. The van der Waals surface area contributed by atoms with E-state index in [4.69, 9.17) is 16.5 Å². The molecule has 1 fully saturated rings. The fourth-order valence-corrected chi connectivity index (χ4v) is 4.28. The predicted octanol–water partition coefficient (Wildman–Crippen LogP) is 4.37. The van der Waals surface area contributed by atoms with Gasteiger partial charge in [-0.2, -0.15) is 18.2 Å². The Morgan fingerprint density at radius 2 is 1.83 bits per heavy atom. The zero-order chi connectivity index (χ0) is 29.7. The number of hydrogen-bond acceptors (Lipinski definition) is 8. The lowest BCUT2D eigenvalue weighted by molar-refractivity contribution is -0.137. The van der Waals surface area contributed by atoms with Crippen molar-refractivity contribution in [2.75, 3.05) is 54.5 Å². The zero-order valence-electron chi connectivity index (χ0n) is 22.8. The molecule has 1 saturated heterocycles. The van der Waals surface area contributed by atoms with E-state index < -0.39 is 17.6 Å². The summed E-state index contributed by atoms with van der Waals surface area (Å²) >= 11 is 0. The molecule has 1 aromatic heterocycles. The molecule has 0 radical (unpaired) electrons. The average molecular weight is 568 g/mol. The SMILES string of the molecule is C=CNc1c(N)nc(N2CCCN(C)CC2)nc1C(N)=Nc1cc(C(=O)Nc2ccc(C(F)(F)F)cc2)ccc1C. The Morgan fingerprint density at radius 3 is 2.51 bits per heavy atom. The highest BCUT2D eigenvalue weighted by atomic mass is 19.4. The largest absolute Gasteiger partial charge is 0.416 e. The van der Waals surface area contributed by atoms with Crippen molar-refractivity contribution in [3.8, 4) is 0 Å². The van der Waals surface area contributed by atoms with Crippen LogP contribution < -0.4 is 27.0 Å². The van der Waals surface area contributed by atoms with E-state index >= 15 is 0 Å². The molecule has 0 atom stereocenters. The number of nitrogens with one attached hydrogen (secondary N) is 2. The van der Waals surface area contributed by atoms with E-state index in [0.717, 1.165) is 50.3 Å². The van der Waals surface area contributed by atoms with E-state index in [1.165, 1.54) is 24.4 Å².